The van der Waals surface area contributed by atoms with E-state index in [4.69, 9.17) is 0 Å². The van der Waals surface area contributed by atoms with Crippen molar-refractivity contribution in [1.82, 2.24) is 15.2 Å². The fourth-order valence-corrected chi connectivity index (χ4v) is 4.51. The lowest BCUT2D eigenvalue weighted by atomic mass is 9.73. The van der Waals surface area contributed by atoms with E-state index in [0.717, 1.165) is 48.9 Å². The van der Waals surface area contributed by atoms with Gasteiger partial charge in [0.05, 0.1) is 5.41 Å². The molecular weight excluding hydrogens is 374 g/mol. The zero-order valence-corrected chi connectivity index (χ0v) is 17.3. The maximum atomic E-state index is 13.4. The van der Waals surface area contributed by atoms with Crippen molar-refractivity contribution in [3.8, 4) is 11.1 Å². The van der Waals surface area contributed by atoms with Gasteiger partial charge in [-0.1, -0.05) is 36.4 Å². The lowest BCUT2D eigenvalue weighted by Crippen LogP contribution is -2.54. The second-order valence-electron chi connectivity index (χ2n) is 8.49. The Bertz CT molecular complexity index is 923. The largest absolute Gasteiger partial charge is 0.352 e. The van der Waals surface area contributed by atoms with Gasteiger partial charge in [0.15, 0.2) is 0 Å². The fraction of sp³-hybridized carbons (Fsp3) is 0.400. The van der Waals surface area contributed by atoms with Crippen LogP contribution in [-0.4, -0.2) is 41.3 Å². The first-order valence-electron chi connectivity index (χ1n) is 10.8. The molecule has 1 N–H and O–H groups in total. The molecule has 0 spiro atoms. The highest BCUT2D eigenvalue weighted by molar-refractivity contribution is 5.86. The van der Waals surface area contributed by atoms with Crippen molar-refractivity contribution in [2.24, 2.45) is 11.3 Å². The molecule has 30 heavy (non-hydrogen) atoms. The summed E-state index contributed by atoms with van der Waals surface area (Å²) < 4.78 is 0. The highest BCUT2D eigenvalue weighted by atomic mass is 16.2. The number of carbonyl (C=O) groups is 2. The molecule has 5 heteroatoms. The number of nitrogens with one attached hydrogen (secondary N) is 1. The minimum Gasteiger partial charge on any atom is -0.352 e. The van der Waals surface area contributed by atoms with Crippen molar-refractivity contribution < 1.29 is 9.59 Å². The monoisotopic (exact) mass is 403 g/mol. The summed E-state index contributed by atoms with van der Waals surface area (Å²) in [5.74, 6) is 0.396. The van der Waals surface area contributed by atoms with Crippen LogP contribution in [0.5, 0.6) is 0 Å². The molecule has 5 nitrogen and oxygen atoms in total. The van der Waals surface area contributed by atoms with Gasteiger partial charge in [-0.05, 0) is 49.3 Å². The summed E-state index contributed by atoms with van der Waals surface area (Å²) in [7, 11) is 0. The molecule has 1 aromatic carbocycles. The van der Waals surface area contributed by atoms with Crippen LogP contribution in [0.3, 0.4) is 0 Å². The van der Waals surface area contributed by atoms with Gasteiger partial charge in [0.25, 0.3) is 0 Å². The number of aromatic nitrogens is 1. The second kappa shape index (κ2) is 8.82. The average Bonchev–Trinajstić information content (AvgIpc) is 3.63. The number of likely N-dealkylation sites (tertiary alicyclic amines) is 1. The molecule has 4 rings (SSSR count). The number of rotatable bonds is 7. The van der Waals surface area contributed by atoms with Crippen LogP contribution in [0.2, 0.25) is 0 Å². The summed E-state index contributed by atoms with van der Waals surface area (Å²) >= 11 is 0. The molecule has 1 saturated heterocycles. The number of nitrogens with zero attached hydrogens (tertiary/aromatic N) is 2. The van der Waals surface area contributed by atoms with Crippen LogP contribution in [0, 0.1) is 11.3 Å². The Morgan fingerprint density at radius 1 is 1.23 bits per heavy atom. The Morgan fingerprint density at radius 2 is 2.07 bits per heavy atom. The molecule has 2 amide bonds. The van der Waals surface area contributed by atoms with Crippen LogP contribution in [0.1, 0.15) is 31.2 Å². The smallest absolute Gasteiger partial charge is 0.228 e. The molecule has 2 heterocycles. The van der Waals surface area contributed by atoms with Gasteiger partial charge >= 0.3 is 0 Å². The molecule has 2 aliphatic rings. The quantitative estimate of drug-likeness (QED) is 0.719. The summed E-state index contributed by atoms with van der Waals surface area (Å²) in [5, 5.41) is 3.02. The SMILES string of the molecule is C=CCNC(=O)[C@@]1(Cc2ccccc2-c2cccnc2)CCCN(C(=O)C2CC2)C1. The van der Waals surface area contributed by atoms with E-state index in [9.17, 15) is 9.59 Å². The predicted molar refractivity (Wildman–Crippen MR) is 118 cm³/mol. The Kier molecular flexibility index (Phi) is 5.98. The van der Waals surface area contributed by atoms with Crippen LogP contribution < -0.4 is 5.32 Å². The van der Waals surface area contributed by atoms with Crippen LogP contribution in [-0.2, 0) is 16.0 Å². The zero-order valence-electron chi connectivity index (χ0n) is 17.3. The first-order chi connectivity index (χ1) is 14.6. The predicted octanol–water partition coefficient (Wildman–Crippen LogP) is 3.61. The normalized spacial score (nSPS) is 21.1. The maximum Gasteiger partial charge on any atom is 0.228 e. The Balaban J connectivity index is 1.66. The van der Waals surface area contributed by atoms with E-state index in [1.807, 2.05) is 35.4 Å². The second-order valence-corrected chi connectivity index (χ2v) is 8.49. The number of hydrogen-bond donors (Lipinski definition) is 1. The molecule has 0 radical (unpaired) electrons. The first-order valence-corrected chi connectivity index (χ1v) is 10.8. The molecule has 1 aliphatic carbocycles. The van der Waals surface area contributed by atoms with Crippen LogP contribution in [0.25, 0.3) is 11.1 Å². The van der Waals surface area contributed by atoms with Gasteiger partial charge in [-0.15, -0.1) is 6.58 Å². The summed E-state index contributed by atoms with van der Waals surface area (Å²) in [6, 6.07) is 12.2. The number of piperidine rings is 1. The molecule has 0 unspecified atom stereocenters. The van der Waals surface area contributed by atoms with E-state index < -0.39 is 5.41 Å². The Hall–Kier alpha value is -2.95. The molecule has 156 valence electrons. The van der Waals surface area contributed by atoms with Crippen LogP contribution >= 0.6 is 0 Å². The Labute approximate surface area is 178 Å². The third-order valence-corrected chi connectivity index (χ3v) is 6.22. The van der Waals surface area contributed by atoms with Gasteiger partial charge in [0, 0.05) is 43.5 Å². The molecule has 1 saturated carbocycles. The lowest BCUT2D eigenvalue weighted by molar-refractivity contribution is -0.142. The standard InChI is InChI=1S/C25H29N3O2/c1-2-13-27-24(30)25(12-6-15-28(18-25)23(29)19-10-11-19)16-20-7-3-4-9-22(20)21-8-5-14-26-17-21/h2-5,7-9,14,17,19H,1,6,10-13,15-16,18H2,(H,27,30)/t25-/m1/s1. The van der Waals surface area contributed by atoms with Crippen molar-refractivity contribution in [2.45, 2.75) is 32.1 Å². The molecule has 1 atom stereocenters. The highest BCUT2D eigenvalue weighted by Crippen LogP contribution is 2.39. The number of benzene rings is 1. The first kappa shape index (κ1) is 20.3. The Morgan fingerprint density at radius 3 is 2.80 bits per heavy atom. The van der Waals surface area contributed by atoms with Gasteiger partial charge in [0.1, 0.15) is 0 Å². The summed E-state index contributed by atoms with van der Waals surface area (Å²) in [6.45, 7) is 5.38. The van der Waals surface area contributed by atoms with E-state index >= 15 is 0 Å². The number of amides is 2. The van der Waals surface area contributed by atoms with E-state index in [0.29, 0.717) is 19.5 Å². The number of carbonyl (C=O) groups excluding carboxylic acids is 2. The molecular formula is C25H29N3O2. The fourth-order valence-electron chi connectivity index (χ4n) is 4.51. The minimum absolute atomic E-state index is 0.0108. The molecule has 1 aliphatic heterocycles. The number of hydrogen-bond acceptors (Lipinski definition) is 3. The van der Waals surface area contributed by atoms with Crippen molar-refractivity contribution in [3.63, 3.8) is 0 Å². The van der Waals surface area contributed by atoms with E-state index in [1.165, 1.54) is 0 Å². The van der Waals surface area contributed by atoms with E-state index in [-0.39, 0.29) is 17.7 Å². The van der Waals surface area contributed by atoms with Crippen LogP contribution in [0.4, 0.5) is 0 Å². The van der Waals surface area contributed by atoms with Crippen molar-refractivity contribution >= 4 is 11.8 Å². The average molecular weight is 404 g/mol. The zero-order chi connectivity index (χ0) is 21.0. The summed E-state index contributed by atoms with van der Waals surface area (Å²) in [5.41, 5.74) is 2.60. The van der Waals surface area contributed by atoms with Gasteiger partial charge in [0.2, 0.25) is 11.8 Å². The van der Waals surface area contributed by atoms with Gasteiger partial charge in [-0.25, -0.2) is 0 Å². The van der Waals surface area contributed by atoms with Crippen LogP contribution in [0.15, 0.2) is 61.4 Å². The van der Waals surface area contributed by atoms with Crippen molar-refractivity contribution in [3.05, 3.63) is 67.0 Å². The van der Waals surface area contributed by atoms with Crippen molar-refractivity contribution in [2.75, 3.05) is 19.6 Å². The molecule has 1 aromatic heterocycles. The van der Waals surface area contributed by atoms with Crippen molar-refractivity contribution in [1.29, 1.82) is 0 Å². The third kappa shape index (κ3) is 4.30. The topological polar surface area (TPSA) is 62.3 Å². The number of pyridine rings is 1. The highest BCUT2D eigenvalue weighted by Gasteiger charge is 2.45. The van der Waals surface area contributed by atoms with E-state index in [2.05, 4.69) is 29.0 Å². The molecule has 2 aromatic rings. The minimum atomic E-state index is -0.635. The maximum absolute atomic E-state index is 13.4. The third-order valence-electron chi connectivity index (χ3n) is 6.22. The van der Waals surface area contributed by atoms with Gasteiger partial charge < -0.3 is 10.2 Å². The summed E-state index contributed by atoms with van der Waals surface area (Å²) in [4.78, 5) is 32.4. The molecule has 0 bridgehead atoms. The van der Waals surface area contributed by atoms with Gasteiger partial charge in [-0.2, -0.15) is 0 Å². The van der Waals surface area contributed by atoms with E-state index in [1.54, 1.807) is 12.3 Å². The summed E-state index contributed by atoms with van der Waals surface area (Å²) in [6.07, 6.45) is 9.48. The van der Waals surface area contributed by atoms with Gasteiger partial charge in [-0.3, -0.25) is 14.6 Å². The lowest BCUT2D eigenvalue weighted by Gasteiger charge is -2.42. The molecule has 2 fully saturated rings.